The average Bonchev–Trinajstić information content (AvgIpc) is 2.62. The quantitative estimate of drug-likeness (QED) is 0.733. The van der Waals surface area contributed by atoms with E-state index in [1.807, 2.05) is 24.3 Å². The summed E-state index contributed by atoms with van der Waals surface area (Å²) in [6.45, 7) is 0.815. The topological polar surface area (TPSA) is 18.5 Å². The zero-order valence-electron chi connectivity index (χ0n) is 7.27. The van der Waals surface area contributed by atoms with E-state index in [2.05, 4.69) is 12.6 Å². The molecular formula is C10H12O2S. The Kier molecular flexibility index (Phi) is 2.76. The summed E-state index contributed by atoms with van der Waals surface area (Å²) in [5, 5.41) is 0. The molecule has 3 heteroatoms. The largest absolute Gasteiger partial charge is 0.465 e. The summed E-state index contributed by atoms with van der Waals surface area (Å²) < 4.78 is 10.9. The smallest absolute Gasteiger partial charge is 0.199 e. The van der Waals surface area contributed by atoms with Crippen LogP contribution < -0.4 is 4.74 Å². The van der Waals surface area contributed by atoms with Gasteiger partial charge in [0.25, 0.3) is 0 Å². The third kappa shape index (κ3) is 2.39. The molecule has 1 heterocycles. The lowest BCUT2D eigenvalue weighted by Crippen LogP contribution is -2.13. The zero-order valence-corrected chi connectivity index (χ0v) is 8.17. The van der Waals surface area contributed by atoms with Gasteiger partial charge in [0, 0.05) is 11.3 Å². The van der Waals surface area contributed by atoms with Crippen molar-refractivity contribution in [3.8, 4) is 5.75 Å². The lowest BCUT2D eigenvalue weighted by atomic mass is 10.3. The number of benzene rings is 1. The first-order chi connectivity index (χ1) is 6.34. The minimum absolute atomic E-state index is 0.0502. The van der Waals surface area contributed by atoms with Crippen LogP contribution >= 0.6 is 12.6 Å². The van der Waals surface area contributed by atoms with E-state index >= 15 is 0 Å². The van der Waals surface area contributed by atoms with Gasteiger partial charge in [-0.1, -0.05) is 0 Å². The van der Waals surface area contributed by atoms with Gasteiger partial charge in [0.2, 0.25) is 0 Å². The molecule has 1 aromatic rings. The molecule has 70 valence electrons. The summed E-state index contributed by atoms with van der Waals surface area (Å²) in [5.74, 6) is 0.852. The van der Waals surface area contributed by atoms with Crippen molar-refractivity contribution in [3.63, 3.8) is 0 Å². The van der Waals surface area contributed by atoms with Crippen LogP contribution in [-0.4, -0.2) is 12.9 Å². The van der Waals surface area contributed by atoms with Gasteiger partial charge in [0.1, 0.15) is 5.75 Å². The van der Waals surface area contributed by atoms with E-state index in [9.17, 15) is 0 Å². The minimum Gasteiger partial charge on any atom is -0.465 e. The fourth-order valence-corrected chi connectivity index (χ4v) is 1.47. The molecule has 1 aromatic carbocycles. The molecular weight excluding hydrogens is 184 g/mol. The minimum atomic E-state index is -0.0502. The molecule has 2 rings (SSSR count). The van der Waals surface area contributed by atoms with Crippen LogP contribution in [0.5, 0.6) is 5.75 Å². The molecule has 1 aliphatic heterocycles. The van der Waals surface area contributed by atoms with Crippen molar-refractivity contribution in [3.05, 3.63) is 24.3 Å². The van der Waals surface area contributed by atoms with Gasteiger partial charge in [-0.15, -0.1) is 12.6 Å². The standard InChI is InChI=1S/C10H12O2S/c13-9-5-3-8(4-6-9)12-10-2-1-7-11-10/h3-6,10,13H,1-2,7H2. The van der Waals surface area contributed by atoms with E-state index in [-0.39, 0.29) is 6.29 Å². The molecule has 0 saturated carbocycles. The van der Waals surface area contributed by atoms with Crippen molar-refractivity contribution >= 4 is 12.6 Å². The molecule has 1 atom stereocenters. The summed E-state index contributed by atoms with van der Waals surface area (Å²) in [6, 6.07) is 7.63. The highest BCUT2D eigenvalue weighted by Gasteiger charge is 2.16. The van der Waals surface area contributed by atoms with Gasteiger partial charge in [0.15, 0.2) is 6.29 Å². The average molecular weight is 196 g/mol. The van der Waals surface area contributed by atoms with E-state index < -0.39 is 0 Å². The summed E-state index contributed by atoms with van der Waals surface area (Å²) in [4.78, 5) is 0.944. The van der Waals surface area contributed by atoms with E-state index in [0.717, 1.165) is 30.1 Å². The highest BCUT2D eigenvalue weighted by Crippen LogP contribution is 2.20. The van der Waals surface area contributed by atoms with Crippen molar-refractivity contribution in [1.82, 2.24) is 0 Å². The van der Waals surface area contributed by atoms with E-state index in [4.69, 9.17) is 9.47 Å². The number of thiol groups is 1. The Hall–Kier alpha value is -0.670. The second-order valence-corrected chi connectivity index (χ2v) is 3.57. The van der Waals surface area contributed by atoms with Crippen molar-refractivity contribution < 1.29 is 9.47 Å². The molecule has 0 spiro atoms. The van der Waals surface area contributed by atoms with Crippen molar-refractivity contribution in [2.24, 2.45) is 0 Å². The second-order valence-electron chi connectivity index (χ2n) is 3.05. The van der Waals surface area contributed by atoms with Gasteiger partial charge in [-0.2, -0.15) is 0 Å². The fraction of sp³-hybridized carbons (Fsp3) is 0.400. The first-order valence-corrected chi connectivity index (χ1v) is 4.86. The van der Waals surface area contributed by atoms with Gasteiger partial charge in [0.05, 0.1) is 6.61 Å². The van der Waals surface area contributed by atoms with Gasteiger partial charge in [-0.3, -0.25) is 0 Å². The molecule has 1 unspecified atom stereocenters. The molecule has 0 aromatic heterocycles. The van der Waals surface area contributed by atoms with Crippen molar-refractivity contribution in [2.45, 2.75) is 24.0 Å². The maximum atomic E-state index is 5.57. The molecule has 2 nitrogen and oxygen atoms in total. The number of rotatable bonds is 2. The Morgan fingerprint density at radius 1 is 1.31 bits per heavy atom. The Balaban J connectivity index is 1.97. The molecule has 0 bridgehead atoms. The molecule has 1 fully saturated rings. The molecule has 0 amide bonds. The molecule has 1 aliphatic rings. The number of hydrogen-bond acceptors (Lipinski definition) is 3. The predicted octanol–water partition coefficient (Wildman–Crippen LogP) is 2.49. The molecule has 0 aliphatic carbocycles. The fourth-order valence-electron chi connectivity index (χ4n) is 1.32. The second kappa shape index (κ2) is 4.03. The third-order valence-corrected chi connectivity index (χ3v) is 2.29. The molecule has 1 saturated heterocycles. The number of ether oxygens (including phenoxy) is 2. The molecule has 0 radical (unpaired) electrons. The van der Waals surface area contributed by atoms with Crippen LogP contribution in [0.3, 0.4) is 0 Å². The van der Waals surface area contributed by atoms with E-state index in [1.54, 1.807) is 0 Å². The third-order valence-electron chi connectivity index (χ3n) is 1.99. The van der Waals surface area contributed by atoms with E-state index in [0.29, 0.717) is 0 Å². The van der Waals surface area contributed by atoms with E-state index in [1.165, 1.54) is 0 Å². The highest BCUT2D eigenvalue weighted by molar-refractivity contribution is 7.80. The Morgan fingerprint density at radius 3 is 2.69 bits per heavy atom. The first kappa shape index (κ1) is 8.91. The van der Waals surface area contributed by atoms with Crippen molar-refractivity contribution in [2.75, 3.05) is 6.61 Å². The Labute approximate surface area is 83.3 Å². The summed E-state index contributed by atoms with van der Waals surface area (Å²) in [6.07, 6.45) is 2.03. The highest BCUT2D eigenvalue weighted by atomic mass is 32.1. The molecule has 13 heavy (non-hydrogen) atoms. The van der Waals surface area contributed by atoms with Crippen LogP contribution in [0, 0.1) is 0 Å². The van der Waals surface area contributed by atoms with Crippen molar-refractivity contribution in [1.29, 1.82) is 0 Å². The van der Waals surface area contributed by atoms with Crippen LogP contribution in [0.25, 0.3) is 0 Å². The Morgan fingerprint density at radius 2 is 2.08 bits per heavy atom. The lowest BCUT2D eigenvalue weighted by molar-refractivity contribution is -0.0390. The normalized spacial score (nSPS) is 21.8. The summed E-state index contributed by atoms with van der Waals surface area (Å²) >= 11 is 4.19. The van der Waals surface area contributed by atoms with Crippen LogP contribution in [0.2, 0.25) is 0 Å². The van der Waals surface area contributed by atoms with Crippen LogP contribution in [0.4, 0.5) is 0 Å². The Bertz CT molecular complexity index is 265. The number of hydrogen-bond donors (Lipinski definition) is 1. The van der Waals surface area contributed by atoms with Crippen LogP contribution in [-0.2, 0) is 4.74 Å². The van der Waals surface area contributed by atoms with Gasteiger partial charge in [-0.25, -0.2) is 0 Å². The lowest BCUT2D eigenvalue weighted by Gasteiger charge is -2.12. The predicted molar refractivity (Wildman–Crippen MR) is 53.3 cm³/mol. The first-order valence-electron chi connectivity index (χ1n) is 4.42. The summed E-state index contributed by atoms with van der Waals surface area (Å²) in [5.41, 5.74) is 0. The maximum absolute atomic E-state index is 5.57. The maximum Gasteiger partial charge on any atom is 0.199 e. The SMILES string of the molecule is Sc1ccc(OC2CCCO2)cc1. The van der Waals surface area contributed by atoms with Gasteiger partial charge >= 0.3 is 0 Å². The van der Waals surface area contributed by atoms with Crippen LogP contribution in [0.1, 0.15) is 12.8 Å². The monoisotopic (exact) mass is 196 g/mol. The molecule has 0 N–H and O–H groups in total. The van der Waals surface area contributed by atoms with Gasteiger partial charge < -0.3 is 9.47 Å². The summed E-state index contributed by atoms with van der Waals surface area (Å²) in [7, 11) is 0. The van der Waals surface area contributed by atoms with Crippen LogP contribution in [0.15, 0.2) is 29.2 Å². The van der Waals surface area contributed by atoms with Gasteiger partial charge in [-0.05, 0) is 30.7 Å². The zero-order chi connectivity index (χ0) is 9.10.